The zero-order valence-electron chi connectivity index (χ0n) is 15.8. The smallest absolute Gasteiger partial charge is 0.222 e. The van der Waals surface area contributed by atoms with E-state index in [-0.39, 0.29) is 24.1 Å². The minimum Gasteiger partial charge on any atom is -0.356 e. The quantitative estimate of drug-likeness (QED) is 0.666. The van der Waals surface area contributed by atoms with Crippen LogP contribution in [0.25, 0.3) is 0 Å². The Hall–Kier alpha value is -2.08. The first-order valence-corrected chi connectivity index (χ1v) is 9.90. The van der Waals surface area contributed by atoms with E-state index in [4.69, 9.17) is 11.6 Å². The molecular weight excluding hydrogens is 366 g/mol. The Morgan fingerprint density at radius 2 is 1.93 bits per heavy atom. The van der Waals surface area contributed by atoms with E-state index in [1.165, 1.54) is 6.92 Å². The summed E-state index contributed by atoms with van der Waals surface area (Å²) >= 11 is 5.90. The molecule has 1 aliphatic rings. The average Bonchev–Trinajstić information content (AvgIpc) is 2.83. The Morgan fingerprint density at radius 3 is 2.63 bits per heavy atom. The normalized spacial score (nSPS) is 15.8. The van der Waals surface area contributed by atoms with Crippen LogP contribution in [0.5, 0.6) is 0 Å². The number of benzene rings is 1. The van der Waals surface area contributed by atoms with E-state index < -0.39 is 6.04 Å². The van der Waals surface area contributed by atoms with Crippen LogP contribution in [-0.2, 0) is 14.4 Å². The first-order chi connectivity index (χ1) is 13.0. The van der Waals surface area contributed by atoms with Gasteiger partial charge in [0.1, 0.15) is 0 Å². The van der Waals surface area contributed by atoms with Crippen molar-refractivity contribution in [2.24, 2.45) is 0 Å². The third kappa shape index (κ3) is 7.59. The number of likely N-dealkylation sites (tertiary alicyclic amines) is 1. The van der Waals surface area contributed by atoms with E-state index in [0.717, 1.165) is 37.8 Å². The van der Waals surface area contributed by atoms with Gasteiger partial charge < -0.3 is 15.5 Å². The van der Waals surface area contributed by atoms with Crippen LogP contribution in [-0.4, -0.2) is 42.3 Å². The van der Waals surface area contributed by atoms with Crippen molar-refractivity contribution in [1.29, 1.82) is 0 Å². The van der Waals surface area contributed by atoms with E-state index in [1.807, 2.05) is 4.90 Å². The number of halogens is 1. The van der Waals surface area contributed by atoms with Crippen LogP contribution in [0.1, 0.15) is 57.1 Å². The fraction of sp³-hybridized carbons (Fsp3) is 0.550. The van der Waals surface area contributed by atoms with Gasteiger partial charge in [0.15, 0.2) is 0 Å². The van der Waals surface area contributed by atoms with Gasteiger partial charge in [-0.3, -0.25) is 14.4 Å². The van der Waals surface area contributed by atoms with Crippen molar-refractivity contribution < 1.29 is 14.4 Å². The van der Waals surface area contributed by atoms with Crippen molar-refractivity contribution in [3.8, 4) is 0 Å². The molecule has 0 radical (unpaired) electrons. The van der Waals surface area contributed by atoms with Crippen molar-refractivity contribution in [3.63, 3.8) is 0 Å². The number of amides is 3. The molecule has 1 aromatic carbocycles. The van der Waals surface area contributed by atoms with E-state index in [0.29, 0.717) is 24.5 Å². The largest absolute Gasteiger partial charge is 0.356 e. The molecular formula is C20H28ClN3O3. The average molecular weight is 394 g/mol. The molecule has 3 amide bonds. The van der Waals surface area contributed by atoms with E-state index in [2.05, 4.69) is 10.6 Å². The van der Waals surface area contributed by atoms with E-state index >= 15 is 0 Å². The molecule has 1 aromatic rings. The van der Waals surface area contributed by atoms with Crippen molar-refractivity contribution in [3.05, 3.63) is 34.9 Å². The molecule has 1 saturated heterocycles. The number of hydrogen-bond donors (Lipinski definition) is 2. The van der Waals surface area contributed by atoms with Gasteiger partial charge in [0, 0.05) is 38.0 Å². The molecule has 2 rings (SSSR count). The molecule has 0 bridgehead atoms. The standard InChI is InChI=1S/C20H28ClN3O3/c1-15(25)23-18(16-7-9-17(21)10-8-16)14-19(26)22-11-5-13-24-12-4-2-3-6-20(24)27/h7-10,18H,2-6,11-14H2,1H3,(H,22,26)(H,23,25). The second-order valence-corrected chi connectivity index (χ2v) is 7.34. The second-order valence-electron chi connectivity index (χ2n) is 6.90. The van der Waals surface area contributed by atoms with Gasteiger partial charge >= 0.3 is 0 Å². The molecule has 0 spiro atoms. The predicted molar refractivity (Wildman–Crippen MR) is 105 cm³/mol. The van der Waals surface area contributed by atoms with Gasteiger partial charge in [-0.1, -0.05) is 30.2 Å². The molecule has 148 valence electrons. The number of nitrogens with one attached hydrogen (secondary N) is 2. The summed E-state index contributed by atoms with van der Waals surface area (Å²) in [4.78, 5) is 37.6. The molecule has 6 nitrogen and oxygen atoms in total. The summed E-state index contributed by atoms with van der Waals surface area (Å²) in [5.41, 5.74) is 0.833. The van der Waals surface area contributed by atoms with Crippen molar-refractivity contribution in [1.82, 2.24) is 15.5 Å². The Balaban J connectivity index is 1.78. The van der Waals surface area contributed by atoms with Crippen LogP contribution < -0.4 is 10.6 Å². The lowest BCUT2D eigenvalue weighted by Gasteiger charge is -2.21. The highest BCUT2D eigenvalue weighted by atomic mass is 35.5. The number of hydrogen-bond acceptors (Lipinski definition) is 3. The van der Waals surface area contributed by atoms with Crippen LogP contribution in [0.3, 0.4) is 0 Å². The number of carbonyl (C=O) groups excluding carboxylic acids is 3. The first kappa shape index (κ1) is 21.2. The van der Waals surface area contributed by atoms with E-state index in [1.54, 1.807) is 24.3 Å². The Kier molecular flexibility index (Phi) is 8.58. The lowest BCUT2D eigenvalue weighted by atomic mass is 10.0. The summed E-state index contributed by atoms with van der Waals surface area (Å²) < 4.78 is 0. The van der Waals surface area contributed by atoms with Gasteiger partial charge in [-0.15, -0.1) is 0 Å². The fourth-order valence-electron chi connectivity index (χ4n) is 3.22. The fourth-order valence-corrected chi connectivity index (χ4v) is 3.35. The molecule has 27 heavy (non-hydrogen) atoms. The zero-order valence-corrected chi connectivity index (χ0v) is 16.6. The molecule has 1 aliphatic heterocycles. The highest BCUT2D eigenvalue weighted by Crippen LogP contribution is 2.19. The van der Waals surface area contributed by atoms with Crippen LogP contribution in [0.2, 0.25) is 5.02 Å². The molecule has 0 aromatic heterocycles. The molecule has 7 heteroatoms. The lowest BCUT2D eigenvalue weighted by molar-refractivity contribution is -0.130. The van der Waals surface area contributed by atoms with Gasteiger partial charge in [-0.05, 0) is 37.0 Å². The molecule has 2 N–H and O–H groups in total. The van der Waals surface area contributed by atoms with Crippen molar-refractivity contribution in [2.45, 2.75) is 51.5 Å². The van der Waals surface area contributed by atoms with Gasteiger partial charge in [0.25, 0.3) is 0 Å². The summed E-state index contributed by atoms with van der Waals surface area (Å²) in [5.74, 6) is -0.111. The van der Waals surface area contributed by atoms with Crippen molar-refractivity contribution >= 4 is 29.3 Å². The van der Waals surface area contributed by atoms with Crippen molar-refractivity contribution in [2.75, 3.05) is 19.6 Å². The topological polar surface area (TPSA) is 78.5 Å². The Labute approximate surface area is 165 Å². The van der Waals surface area contributed by atoms with Crippen LogP contribution in [0, 0.1) is 0 Å². The summed E-state index contributed by atoms with van der Waals surface area (Å²) in [6.07, 6.45) is 4.64. The predicted octanol–water partition coefficient (Wildman–Crippen LogP) is 2.82. The summed E-state index contributed by atoms with van der Waals surface area (Å²) in [7, 11) is 0. The third-order valence-electron chi connectivity index (χ3n) is 4.64. The number of rotatable bonds is 8. The molecule has 1 unspecified atom stereocenters. The third-order valence-corrected chi connectivity index (χ3v) is 4.89. The van der Waals surface area contributed by atoms with Crippen LogP contribution >= 0.6 is 11.6 Å². The van der Waals surface area contributed by atoms with Crippen LogP contribution in [0.4, 0.5) is 0 Å². The highest BCUT2D eigenvalue weighted by molar-refractivity contribution is 6.30. The lowest BCUT2D eigenvalue weighted by Crippen LogP contribution is -2.35. The molecule has 1 atom stereocenters. The minimum atomic E-state index is -0.396. The van der Waals surface area contributed by atoms with Gasteiger partial charge in [-0.25, -0.2) is 0 Å². The molecule has 0 aliphatic carbocycles. The Bertz CT molecular complexity index is 648. The highest BCUT2D eigenvalue weighted by Gasteiger charge is 2.18. The number of carbonyl (C=O) groups is 3. The summed E-state index contributed by atoms with van der Waals surface area (Å²) in [6, 6.07) is 6.69. The Morgan fingerprint density at radius 1 is 1.19 bits per heavy atom. The van der Waals surface area contributed by atoms with Gasteiger partial charge in [-0.2, -0.15) is 0 Å². The molecule has 1 heterocycles. The van der Waals surface area contributed by atoms with Gasteiger partial charge in [0.2, 0.25) is 17.7 Å². The van der Waals surface area contributed by atoms with Crippen LogP contribution in [0.15, 0.2) is 24.3 Å². The summed E-state index contributed by atoms with van der Waals surface area (Å²) in [6.45, 7) is 3.43. The maximum absolute atomic E-state index is 12.3. The summed E-state index contributed by atoms with van der Waals surface area (Å²) in [5, 5.41) is 6.29. The van der Waals surface area contributed by atoms with E-state index in [9.17, 15) is 14.4 Å². The molecule has 0 saturated carbocycles. The maximum atomic E-state index is 12.3. The maximum Gasteiger partial charge on any atom is 0.222 e. The SMILES string of the molecule is CC(=O)NC(CC(=O)NCCCN1CCCCCC1=O)c1ccc(Cl)cc1. The second kappa shape index (κ2) is 10.9. The number of nitrogens with zero attached hydrogens (tertiary/aromatic N) is 1. The first-order valence-electron chi connectivity index (χ1n) is 9.53. The minimum absolute atomic E-state index is 0.133. The van der Waals surface area contributed by atoms with Gasteiger partial charge in [0.05, 0.1) is 12.5 Å². The molecule has 1 fully saturated rings. The zero-order chi connectivity index (χ0) is 19.6. The monoisotopic (exact) mass is 393 g/mol.